The van der Waals surface area contributed by atoms with E-state index in [9.17, 15) is 4.79 Å². The monoisotopic (exact) mass is 366 g/mol. The highest BCUT2D eigenvalue weighted by Gasteiger charge is 2.19. The van der Waals surface area contributed by atoms with Gasteiger partial charge in [-0.1, -0.05) is 48.5 Å². The van der Waals surface area contributed by atoms with E-state index in [2.05, 4.69) is 17.1 Å². The van der Waals surface area contributed by atoms with Gasteiger partial charge < -0.3 is 0 Å². The van der Waals surface area contributed by atoms with Gasteiger partial charge in [0.05, 0.1) is 28.8 Å². The van der Waals surface area contributed by atoms with Crippen LogP contribution in [0.25, 0.3) is 27.6 Å². The smallest absolute Gasteiger partial charge is 0.268 e. The molecule has 5 aromatic rings. The minimum atomic E-state index is -0.0933. The third-order valence-electron chi connectivity index (χ3n) is 4.99. The second-order valence-electron chi connectivity index (χ2n) is 6.80. The van der Waals surface area contributed by atoms with Crippen LogP contribution < -0.4 is 5.56 Å². The second kappa shape index (κ2) is 6.46. The molecule has 136 valence electrons. The summed E-state index contributed by atoms with van der Waals surface area (Å²) < 4.78 is 3.60. The molecule has 3 heterocycles. The van der Waals surface area contributed by atoms with Crippen molar-refractivity contribution in [2.45, 2.75) is 13.5 Å². The van der Waals surface area contributed by atoms with Gasteiger partial charge in [-0.3, -0.25) is 14.0 Å². The van der Waals surface area contributed by atoms with Gasteiger partial charge in [0.1, 0.15) is 5.65 Å². The molecule has 0 aliphatic heterocycles. The Labute approximate surface area is 161 Å². The van der Waals surface area contributed by atoms with Crippen molar-refractivity contribution in [3.05, 3.63) is 101 Å². The minimum Gasteiger partial charge on any atom is -0.268 e. The van der Waals surface area contributed by atoms with E-state index in [0.29, 0.717) is 17.6 Å². The zero-order valence-electron chi connectivity index (χ0n) is 15.4. The first-order chi connectivity index (χ1) is 13.7. The number of fused-ring (bicyclic) bond motifs is 3. The average molecular weight is 366 g/mol. The number of para-hydroxylation sites is 1. The Morgan fingerprint density at radius 1 is 0.893 bits per heavy atom. The van der Waals surface area contributed by atoms with Gasteiger partial charge in [0, 0.05) is 11.6 Å². The topological polar surface area (TPSA) is 52.7 Å². The van der Waals surface area contributed by atoms with Crippen LogP contribution in [-0.2, 0) is 6.54 Å². The van der Waals surface area contributed by atoms with Gasteiger partial charge in [-0.05, 0) is 36.8 Å². The highest BCUT2D eigenvalue weighted by molar-refractivity contribution is 6.03. The van der Waals surface area contributed by atoms with Crippen LogP contribution in [0.15, 0.2) is 83.8 Å². The zero-order chi connectivity index (χ0) is 19.1. The summed E-state index contributed by atoms with van der Waals surface area (Å²) in [6, 6.07) is 23.7. The van der Waals surface area contributed by atoms with Crippen LogP contribution >= 0.6 is 0 Å². The van der Waals surface area contributed by atoms with Crippen molar-refractivity contribution >= 4 is 21.9 Å². The first-order valence-corrected chi connectivity index (χ1v) is 9.20. The van der Waals surface area contributed by atoms with Gasteiger partial charge in [-0.15, -0.1) is 0 Å². The third-order valence-corrected chi connectivity index (χ3v) is 4.99. The molecule has 0 N–H and O–H groups in total. The minimum absolute atomic E-state index is 0.0933. The third kappa shape index (κ3) is 2.52. The van der Waals surface area contributed by atoms with Crippen LogP contribution in [-0.4, -0.2) is 19.3 Å². The van der Waals surface area contributed by atoms with E-state index in [-0.39, 0.29) is 5.56 Å². The summed E-state index contributed by atoms with van der Waals surface area (Å²) in [6.07, 6.45) is 1.72. The summed E-state index contributed by atoms with van der Waals surface area (Å²) in [5, 5.41) is 6.26. The Morgan fingerprint density at radius 3 is 2.36 bits per heavy atom. The fraction of sp³-hybridized carbons (Fsp3) is 0.0870. The maximum atomic E-state index is 13.5. The lowest BCUT2D eigenvalue weighted by Crippen LogP contribution is -2.20. The molecular formula is C23H18N4O. The summed E-state index contributed by atoms with van der Waals surface area (Å²) in [5.74, 6) is 0. The Kier molecular flexibility index (Phi) is 3.79. The number of rotatable bonds is 3. The van der Waals surface area contributed by atoms with Gasteiger partial charge in [0.2, 0.25) is 0 Å². The maximum absolute atomic E-state index is 13.5. The Balaban J connectivity index is 1.88. The molecule has 28 heavy (non-hydrogen) atoms. The SMILES string of the molecule is Cc1nn(Cc2ccccc2)c2c1c(=O)n(-c1ccccc1)c1ncccc21. The highest BCUT2D eigenvalue weighted by atomic mass is 16.1. The number of aryl methyl sites for hydroxylation is 1. The fourth-order valence-electron chi connectivity index (χ4n) is 3.77. The molecule has 3 aromatic heterocycles. The number of aromatic nitrogens is 4. The Bertz CT molecular complexity index is 1350. The number of hydrogen-bond acceptors (Lipinski definition) is 3. The van der Waals surface area contributed by atoms with Crippen molar-refractivity contribution in [2.75, 3.05) is 0 Å². The summed E-state index contributed by atoms with van der Waals surface area (Å²) in [5.41, 5.74) is 4.04. The van der Waals surface area contributed by atoms with E-state index >= 15 is 0 Å². The lowest BCUT2D eigenvalue weighted by molar-refractivity contribution is 0.705. The number of benzene rings is 2. The van der Waals surface area contributed by atoms with E-state index in [1.165, 1.54) is 0 Å². The van der Waals surface area contributed by atoms with Crippen LogP contribution in [0.5, 0.6) is 0 Å². The molecule has 0 bridgehead atoms. The quantitative estimate of drug-likeness (QED) is 0.483. The van der Waals surface area contributed by atoms with Crippen molar-refractivity contribution in [1.82, 2.24) is 19.3 Å². The van der Waals surface area contributed by atoms with E-state index < -0.39 is 0 Å². The number of pyridine rings is 2. The molecule has 0 aliphatic carbocycles. The summed E-state index contributed by atoms with van der Waals surface area (Å²) in [7, 11) is 0. The highest BCUT2D eigenvalue weighted by Crippen LogP contribution is 2.26. The van der Waals surface area contributed by atoms with Crippen molar-refractivity contribution in [1.29, 1.82) is 0 Å². The second-order valence-corrected chi connectivity index (χ2v) is 6.80. The maximum Gasteiger partial charge on any atom is 0.268 e. The van der Waals surface area contributed by atoms with Crippen LogP contribution in [0.1, 0.15) is 11.3 Å². The summed E-state index contributed by atoms with van der Waals surface area (Å²) in [6.45, 7) is 2.49. The molecule has 2 aromatic carbocycles. The molecule has 0 saturated carbocycles. The molecule has 0 radical (unpaired) electrons. The van der Waals surface area contributed by atoms with Gasteiger partial charge in [-0.2, -0.15) is 5.10 Å². The molecule has 0 spiro atoms. The van der Waals surface area contributed by atoms with E-state index in [1.807, 2.05) is 72.3 Å². The molecule has 0 aliphatic rings. The predicted molar refractivity (Wildman–Crippen MR) is 111 cm³/mol. The van der Waals surface area contributed by atoms with Crippen molar-refractivity contribution in [3.63, 3.8) is 0 Å². The largest absolute Gasteiger partial charge is 0.268 e. The number of hydrogen-bond donors (Lipinski definition) is 0. The van der Waals surface area contributed by atoms with Gasteiger partial charge >= 0.3 is 0 Å². The van der Waals surface area contributed by atoms with Gasteiger partial charge in [-0.25, -0.2) is 4.98 Å². The van der Waals surface area contributed by atoms with Crippen LogP contribution in [0, 0.1) is 6.92 Å². The average Bonchev–Trinajstić information content (AvgIpc) is 3.06. The molecule has 0 atom stereocenters. The first-order valence-electron chi connectivity index (χ1n) is 9.20. The Hall–Kier alpha value is -3.73. The molecule has 0 saturated heterocycles. The van der Waals surface area contributed by atoms with Crippen LogP contribution in [0.3, 0.4) is 0 Å². The Morgan fingerprint density at radius 2 is 1.61 bits per heavy atom. The number of nitrogens with zero attached hydrogens (tertiary/aromatic N) is 4. The van der Waals surface area contributed by atoms with Crippen molar-refractivity contribution in [3.8, 4) is 5.69 Å². The fourth-order valence-corrected chi connectivity index (χ4v) is 3.77. The molecule has 5 nitrogen and oxygen atoms in total. The van der Waals surface area contributed by atoms with E-state index in [1.54, 1.807) is 10.8 Å². The van der Waals surface area contributed by atoms with E-state index in [4.69, 9.17) is 5.10 Å². The first kappa shape index (κ1) is 16.4. The van der Waals surface area contributed by atoms with Crippen molar-refractivity contribution in [2.24, 2.45) is 0 Å². The molecule has 5 rings (SSSR count). The lowest BCUT2D eigenvalue weighted by atomic mass is 10.1. The molecular weight excluding hydrogens is 348 g/mol. The van der Waals surface area contributed by atoms with Gasteiger partial charge in [0.15, 0.2) is 0 Å². The predicted octanol–water partition coefficient (Wildman–Crippen LogP) is 4.09. The van der Waals surface area contributed by atoms with E-state index in [0.717, 1.165) is 27.8 Å². The molecule has 5 heteroatoms. The molecule has 0 unspecified atom stereocenters. The lowest BCUT2D eigenvalue weighted by Gasteiger charge is -2.12. The standard InChI is InChI=1S/C23H18N4O/c1-16-20-21(26(25-16)15-17-9-4-2-5-10-17)19-13-8-14-24-22(19)27(23(20)28)18-11-6-3-7-12-18/h2-14H,15H2,1H3. The zero-order valence-corrected chi connectivity index (χ0v) is 15.4. The molecule has 0 amide bonds. The normalized spacial score (nSPS) is 11.3. The van der Waals surface area contributed by atoms with Crippen molar-refractivity contribution < 1.29 is 0 Å². The summed E-state index contributed by atoms with van der Waals surface area (Å²) >= 11 is 0. The summed E-state index contributed by atoms with van der Waals surface area (Å²) in [4.78, 5) is 18.0. The van der Waals surface area contributed by atoms with Gasteiger partial charge in [0.25, 0.3) is 5.56 Å². The molecule has 0 fully saturated rings. The van der Waals surface area contributed by atoms with Crippen LogP contribution in [0.4, 0.5) is 0 Å². The van der Waals surface area contributed by atoms with Crippen LogP contribution in [0.2, 0.25) is 0 Å².